The van der Waals surface area contributed by atoms with Crippen LogP contribution in [0, 0.1) is 5.92 Å². The molecular weight excluding hydrogens is 208 g/mol. The second-order valence-corrected chi connectivity index (χ2v) is 4.08. The van der Waals surface area contributed by atoms with Gasteiger partial charge in [-0.15, -0.1) is 0 Å². The third-order valence-electron chi connectivity index (χ3n) is 1.90. The molecule has 0 spiro atoms. The predicted molar refractivity (Wildman–Crippen MR) is 78.5 cm³/mol. The highest BCUT2D eigenvalue weighted by Crippen LogP contribution is 2.05. The van der Waals surface area contributed by atoms with E-state index in [2.05, 4.69) is 51.1 Å². The first-order chi connectivity index (χ1) is 8.20. The number of benzene rings is 1. The lowest BCUT2D eigenvalue weighted by atomic mass is 10.0. The Labute approximate surface area is 108 Å². The molecule has 0 saturated carbocycles. The van der Waals surface area contributed by atoms with Gasteiger partial charge in [-0.05, 0) is 24.3 Å². The number of ether oxygens (including phenoxy) is 1. The van der Waals surface area contributed by atoms with Crippen molar-refractivity contribution in [1.82, 2.24) is 0 Å². The quantitative estimate of drug-likeness (QED) is 0.721. The molecule has 1 heteroatoms. The average Bonchev–Trinajstić information content (AvgIpc) is 2.34. The van der Waals surface area contributed by atoms with Crippen LogP contribution in [0.3, 0.4) is 0 Å². The molecule has 1 nitrogen and oxygen atoms in total. The highest BCUT2D eigenvalue weighted by atomic mass is 16.5. The lowest BCUT2D eigenvalue weighted by molar-refractivity contribution is 0.199. The number of hydrogen-bond acceptors (Lipinski definition) is 1. The minimum atomic E-state index is 0.766. The highest BCUT2D eigenvalue weighted by molar-refractivity contribution is 5.14. The SMILES string of the molecule is CC.CC(C)Cc1ccccc1.CCCOC. The summed E-state index contributed by atoms with van der Waals surface area (Å²) in [6.07, 6.45) is 2.32. The van der Waals surface area contributed by atoms with Crippen LogP contribution in [-0.2, 0) is 11.2 Å². The van der Waals surface area contributed by atoms with Gasteiger partial charge in [-0.25, -0.2) is 0 Å². The van der Waals surface area contributed by atoms with Gasteiger partial charge in [-0.1, -0.05) is 65.0 Å². The summed E-state index contributed by atoms with van der Waals surface area (Å²) in [7, 11) is 1.71. The Morgan fingerprint density at radius 2 is 1.59 bits per heavy atom. The van der Waals surface area contributed by atoms with Crippen LogP contribution in [0.4, 0.5) is 0 Å². The maximum Gasteiger partial charge on any atom is 0.0459 e. The zero-order valence-electron chi connectivity index (χ0n) is 12.5. The first kappa shape index (κ1) is 18.5. The number of methoxy groups -OCH3 is 1. The molecule has 0 bridgehead atoms. The summed E-state index contributed by atoms with van der Waals surface area (Å²) in [6.45, 7) is 11.5. The molecule has 0 aliphatic heterocycles. The minimum Gasteiger partial charge on any atom is -0.385 e. The van der Waals surface area contributed by atoms with Crippen LogP contribution in [0.5, 0.6) is 0 Å². The Morgan fingerprint density at radius 3 is 1.88 bits per heavy atom. The summed E-state index contributed by atoms with van der Waals surface area (Å²) in [5.74, 6) is 0.766. The van der Waals surface area contributed by atoms with Crippen molar-refractivity contribution < 1.29 is 4.74 Å². The van der Waals surface area contributed by atoms with E-state index in [-0.39, 0.29) is 0 Å². The first-order valence-electron chi connectivity index (χ1n) is 6.73. The average molecular weight is 238 g/mol. The summed E-state index contributed by atoms with van der Waals surface area (Å²) in [5, 5.41) is 0. The molecule has 1 aromatic carbocycles. The Morgan fingerprint density at radius 1 is 1.06 bits per heavy atom. The summed E-state index contributed by atoms with van der Waals surface area (Å²) in [5.41, 5.74) is 1.44. The van der Waals surface area contributed by atoms with Crippen molar-refractivity contribution >= 4 is 0 Å². The zero-order chi connectivity index (χ0) is 13.5. The van der Waals surface area contributed by atoms with Gasteiger partial charge in [0.1, 0.15) is 0 Å². The van der Waals surface area contributed by atoms with Crippen LogP contribution >= 0.6 is 0 Å². The van der Waals surface area contributed by atoms with E-state index in [0.29, 0.717) is 0 Å². The Hall–Kier alpha value is -0.820. The van der Waals surface area contributed by atoms with Crippen molar-refractivity contribution in [3.8, 4) is 0 Å². The third-order valence-corrected chi connectivity index (χ3v) is 1.90. The number of hydrogen-bond donors (Lipinski definition) is 0. The van der Waals surface area contributed by atoms with Gasteiger partial charge in [0.2, 0.25) is 0 Å². The van der Waals surface area contributed by atoms with E-state index in [1.807, 2.05) is 13.8 Å². The van der Waals surface area contributed by atoms with E-state index in [0.717, 1.165) is 18.9 Å². The van der Waals surface area contributed by atoms with Crippen LogP contribution in [0.25, 0.3) is 0 Å². The molecule has 17 heavy (non-hydrogen) atoms. The van der Waals surface area contributed by atoms with E-state index in [1.54, 1.807) is 7.11 Å². The molecule has 0 heterocycles. The molecule has 0 atom stereocenters. The van der Waals surface area contributed by atoms with Crippen molar-refractivity contribution in [2.24, 2.45) is 5.92 Å². The predicted octanol–water partition coefficient (Wildman–Crippen LogP) is 4.95. The van der Waals surface area contributed by atoms with Gasteiger partial charge in [0, 0.05) is 13.7 Å². The van der Waals surface area contributed by atoms with Crippen LogP contribution in [0.2, 0.25) is 0 Å². The molecule has 1 rings (SSSR count). The molecule has 0 unspecified atom stereocenters. The maximum atomic E-state index is 4.69. The lowest BCUT2D eigenvalue weighted by Gasteiger charge is -2.02. The molecule has 1 aromatic rings. The van der Waals surface area contributed by atoms with Gasteiger partial charge in [-0.3, -0.25) is 0 Å². The second-order valence-electron chi connectivity index (χ2n) is 4.08. The van der Waals surface area contributed by atoms with Gasteiger partial charge in [-0.2, -0.15) is 0 Å². The Balaban J connectivity index is 0. The molecular formula is C16H30O. The lowest BCUT2D eigenvalue weighted by Crippen LogP contribution is -1.92. The fourth-order valence-electron chi connectivity index (χ4n) is 1.29. The van der Waals surface area contributed by atoms with Crippen molar-refractivity contribution in [2.45, 2.75) is 47.5 Å². The van der Waals surface area contributed by atoms with E-state index in [1.165, 1.54) is 12.0 Å². The number of rotatable bonds is 4. The Kier molecular flexibility index (Phi) is 16.6. The fraction of sp³-hybridized carbons (Fsp3) is 0.625. The molecule has 0 N–H and O–H groups in total. The van der Waals surface area contributed by atoms with E-state index in [9.17, 15) is 0 Å². The Bertz CT molecular complexity index is 214. The minimum absolute atomic E-state index is 0.766. The molecule has 0 fully saturated rings. The summed E-state index contributed by atoms with van der Waals surface area (Å²) in [6, 6.07) is 10.6. The van der Waals surface area contributed by atoms with Gasteiger partial charge >= 0.3 is 0 Å². The van der Waals surface area contributed by atoms with Crippen LogP contribution in [-0.4, -0.2) is 13.7 Å². The van der Waals surface area contributed by atoms with Crippen molar-refractivity contribution in [3.05, 3.63) is 35.9 Å². The topological polar surface area (TPSA) is 9.23 Å². The molecule has 0 saturated heterocycles. The van der Waals surface area contributed by atoms with Crippen LogP contribution in [0.1, 0.15) is 46.6 Å². The van der Waals surface area contributed by atoms with Gasteiger partial charge < -0.3 is 4.74 Å². The van der Waals surface area contributed by atoms with E-state index < -0.39 is 0 Å². The van der Waals surface area contributed by atoms with E-state index >= 15 is 0 Å². The molecule has 0 radical (unpaired) electrons. The van der Waals surface area contributed by atoms with Crippen molar-refractivity contribution in [2.75, 3.05) is 13.7 Å². The highest BCUT2D eigenvalue weighted by Gasteiger charge is 1.94. The largest absolute Gasteiger partial charge is 0.385 e. The van der Waals surface area contributed by atoms with Gasteiger partial charge in [0.05, 0.1) is 0 Å². The van der Waals surface area contributed by atoms with Crippen LogP contribution in [0.15, 0.2) is 30.3 Å². The summed E-state index contributed by atoms with van der Waals surface area (Å²) < 4.78 is 4.69. The molecule has 0 aliphatic carbocycles. The monoisotopic (exact) mass is 238 g/mol. The second kappa shape index (κ2) is 15.2. The first-order valence-corrected chi connectivity index (χ1v) is 6.73. The van der Waals surface area contributed by atoms with E-state index in [4.69, 9.17) is 4.74 Å². The smallest absolute Gasteiger partial charge is 0.0459 e. The van der Waals surface area contributed by atoms with Gasteiger partial charge in [0.15, 0.2) is 0 Å². The normalized spacial score (nSPS) is 8.88. The maximum absolute atomic E-state index is 4.69. The van der Waals surface area contributed by atoms with Gasteiger partial charge in [0.25, 0.3) is 0 Å². The third kappa shape index (κ3) is 15.2. The molecule has 0 aliphatic rings. The van der Waals surface area contributed by atoms with Crippen molar-refractivity contribution in [3.63, 3.8) is 0 Å². The summed E-state index contributed by atoms with van der Waals surface area (Å²) in [4.78, 5) is 0. The van der Waals surface area contributed by atoms with Crippen LogP contribution < -0.4 is 0 Å². The molecule has 100 valence electrons. The standard InChI is InChI=1S/C10H14.C4H10O.C2H6/c1-9(2)8-10-6-4-3-5-7-10;1-3-4-5-2;1-2/h3-7,9H,8H2,1-2H3;3-4H2,1-2H3;1-2H3. The fourth-order valence-corrected chi connectivity index (χ4v) is 1.29. The molecule has 0 aromatic heterocycles. The zero-order valence-corrected chi connectivity index (χ0v) is 12.5. The van der Waals surface area contributed by atoms with Crippen molar-refractivity contribution in [1.29, 1.82) is 0 Å². The molecule has 0 amide bonds. The summed E-state index contributed by atoms with van der Waals surface area (Å²) >= 11 is 0.